The lowest BCUT2D eigenvalue weighted by atomic mass is 9.98. The van der Waals surface area contributed by atoms with Gasteiger partial charge in [-0.3, -0.25) is 4.79 Å². The highest BCUT2D eigenvalue weighted by Crippen LogP contribution is 2.21. The van der Waals surface area contributed by atoms with E-state index in [-0.39, 0.29) is 17.8 Å². The summed E-state index contributed by atoms with van der Waals surface area (Å²) in [6.07, 6.45) is 2.27. The second kappa shape index (κ2) is 5.14. The Morgan fingerprint density at radius 3 is 2.67 bits per heavy atom. The Bertz CT molecular complexity index is 252. The fourth-order valence-electron chi connectivity index (χ4n) is 1.97. The van der Waals surface area contributed by atoms with Crippen LogP contribution in [0.5, 0.6) is 0 Å². The molecule has 2 unspecified atom stereocenters. The number of methoxy groups -OCH3 is 1. The predicted molar refractivity (Wildman–Crippen MR) is 56.2 cm³/mol. The fourth-order valence-corrected chi connectivity index (χ4v) is 1.97. The summed E-state index contributed by atoms with van der Waals surface area (Å²) in [5.41, 5.74) is 0. The molecule has 1 amide bonds. The Labute approximate surface area is 90.6 Å². The normalized spacial score (nSPS) is 20.2. The molecular formula is C11H19NO3. The summed E-state index contributed by atoms with van der Waals surface area (Å²) >= 11 is 0. The molecule has 0 radical (unpaired) electrons. The molecule has 0 aromatic heterocycles. The number of carbonyl (C=O) groups excluding carboxylic acids is 2. The van der Waals surface area contributed by atoms with Crippen LogP contribution in [-0.4, -0.2) is 36.5 Å². The van der Waals surface area contributed by atoms with Crippen LogP contribution in [0.25, 0.3) is 0 Å². The first kappa shape index (κ1) is 12.0. The molecule has 1 aliphatic heterocycles. The van der Waals surface area contributed by atoms with Crippen molar-refractivity contribution in [2.45, 2.75) is 39.2 Å². The minimum absolute atomic E-state index is 0.0747. The molecule has 4 nitrogen and oxygen atoms in total. The number of likely N-dealkylation sites (tertiary alicyclic amines) is 1. The molecule has 0 spiro atoms. The Balaban J connectivity index is 2.79. The third-order valence-electron chi connectivity index (χ3n) is 3.07. The Kier molecular flexibility index (Phi) is 4.12. The van der Waals surface area contributed by atoms with Crippen molar-refractivity contribution >= 4 is 11.9 Å². The van der Waals surface area contributed by atoms with Crippen LogP contribution in [0.4, 0.5) is 0 Å². The van der Waals surface area contributed by atoms with Crippen LogP contribution in [0.15, 0.2) is 0 Å². The zero-order valence-corrected chi connectivity index (χ0v) is 9.66. The second-order valence-corrected chi connectivity index (χ2v) is 4.04. The topological polar surface area (TPSA) is 46.6 Å². The standard InChI is InChI=1S/C11H19NO3/c1-4-8(2)10(11(14)15-3)12-7-5-6-9(12)13/h8,10H,4-7H2,1-3H3. The van der Waals surface area contributed by atoms with Crippen molar-refractivity contribution in [3.63, 3.8) is 0 Å². The first-order valence-electron chi connectivity index (χ1n) is 5.49. The smallest absolute Gasteiger partial charge is 0.328 e. The monoisotopic (exact) mass is 213 g/mol. The maximum Gasteiger partial charge on any atom is 0.328 e. The van der Waals surface area contributed by atoms with Crippen LogP contribution >= 0.6 is 0 Å². The number of nitrogens with zero attached hydrogens (tertiary/aromatic N) is 1. The molecule has 0 bridgehead atoms. The largest absolute Gasteiger partial charge is 0.467 e. The lowest BCUT2D eigenvalue weighted by Crippen LogP contribution is -2.46. The molecule has 2 atom stereocenters. The van der Waals surface area contributed by atoms with Crippen LogP contribution in [0, 0.1) is 5.92 Å². The van der Waals surface area contributed by atoms with Gasteiger partial charge in [0.1, 0.15) is 6.04 Å². The molecule has 15 heavy (non-hydrogen) atoms. The third kappa shape index (κ3) is 2.49. The molecule has 1 fully saturated rings. The predicted octanol–water partition coefficient (Wildman–Crippen LogP) is 1.20. The lowest BCUT2D eigenvalue weighted by Gasteiger charge is -2.29. The second-order valence-electron chi connectivity index (χ2n) is 4.04. The molecule has 1 aliphatic rings. The molecule has 4 heteroatoms. The van der Waals surface area contributed by atoms with E-state index in [9.17, 15) is 9.59 Å². The van der Waals surface area contributed by atoms with Crippen molar-refractivity contribution in [2.75, 3.05) is 13.7 Å². The van der Waals surface area contributed by atoms with E-state index in [1.807, 2.05) is 13.8 Å². The van der Waals surface area contributed by atoms with Crippen molar-refractivity contribution in [2.24, 2.45) is 5.92 Å². The summed E-state index contributed by atoms with van der Waals surface area (Å²) in [5, 5.41) is 0. The number of hydrogen-bond donors (Lipinski definition) is 0. The quantitative estimate of drug-likeness (QED) is 0.659. The molecule has 1 saturated heterocycles. The van der Waals surface area contributed by atoms with E-state index in [0.717, 1.165) is 12.8 Å². The van der Waals surface area contributed by atoms with Gasteiger partial charge in [0, 0.05) is 13.0 Å². The SMILES string of the molecule is CCC(C)C(C(=O)OC)N1CCCC1=O. The van der Waals surface area contributed by atoms with Gasteiger partial charge in [-0.15, -0.1) is 0 Å². The van der Waals surface area contributed by atoms with Gasteiger partial charge in [0.05, 0.1) is 7.11 Å². The maximum absolute atomic E-state index is 11.6. The molecule has 0 aromatic carbocycles. The third-order valence-corrected chi connectivity index (χ3v) is 3.07. The summed E-state index contributed by atoms with van der Waals surface area (Å²) in [4.78, 5) is 24.9. The van der Waals surface area contributed by atoms with E-state index in [2.05, 4.69) is 0 Å². The number of ether oxygens (including phenoxy) is 1. The van der Waals surface area contributed by atoms with Gasteiger partial charge in [0.15, 0.2) is 0 Å². The molecule has 1 rings (SSSR count). The first-order valence-corrected chi connectivity index (χ1v) is 5.49. The summed E-state index contributed by atoms with van der Waals surface area (Å²) in [6.45, 7) is 4.68. The number of rotatable bonds is 4. The van der Waals surface area contributed by atoms with Crippen LogP contribution < -0.4 is 0 Å². The zero-order valence-electron chi connectivity index (χ0n) is 9.66. The van der Waals surface area contributed by atoms with Crippen LogP contribution in [0.2, 0.25) is 0 Å². The van der Waals surface area contributed by atoms with Gasteiger partial charge in [-0.1, -0.05) is 20.3 Å². The average Bonchev–Trinajstić information content (AvgIpc) is 2.64. The number of carbonyl (C=O) groups is 2. The van der Waals surface area contributed by atoms with Gasteiger partial charge < -0.3 is 9.64 Å². The van der Waals surface area contributed by atoms with Gasteiger partial charge in [-0.25, -0.2) is 4.79 Å². The van der Waals surface area contributed by atoms with Crippen molar-refractivity contribution in [1.82, 2.24) is 4.90 Å². The van der Waals surface area contributed by atoms with Crippen LogP contribution in [-0.2, 0) is 14.3 Å². The molecular weight excluding hydrogens is 194 g/mol. The molecule has 0 N–H and O–H groups in total. The summed E-state index contributed by atoms with van der Waals surface area (Å²) in [6, 6.07) is -0.394. The number of amides is 1. The van der Waals surface area contributed by atoms with E-state index in [0.29, 0.717) is 13.0 Å². The van der Waals surface area contributed by atoms with Gasteiger partial charge in [0.25, 0.3) is 0 Å². The number of hydrogen-bond acceptors (Lipinski definition) is 3. The van der Waals surface area contributed by atoms with Gasteiger partial charge >= 0.3 is 5.97 Å². The van der Waals surface area contributed by atoms with E-state index in [1.165, 1.54) is 7.11 Å². The van der Waals surface area contributed by atoms with E-state index < -0.39 is 6.04 Å². The van der Waals surface area contributed by atoms with Crippen molar-refractivity contribution in [3.05, 3.63) is 0 Å². The summed E-state index contributed by atoms with van der Waals surface area (Å²) in [7, 11) is 1.37. The van der Waals surface area contributed by atoms with E-state index in [4.69, 9.17) is 4.74 Å². The Morgan fingerprint density at radius 2 is 2.27 bits per heavy atom. The maximum atomic E-state index is 11.6. The molecule has 1 heterocycles. The Hall–Kier alpha value is -1.06. The van der Waals surface area contributed by atoms with Gasteiger partial charge in [0.2, 0.25) is 5.91 Å². The van der Waals surface area contributed by atoms with Crippen LogP contribution in [0.1, 0.15) is 33.1 Å². The van der Waals surface area contributed by atoms with Crippen molar-refractivity contribution in [3.8, 4) is 0 Å². The molecule has 86 valence electrons. The molecule has 0 aliphatic carbocycles. The molecule has 0 aromatic rings. The van der Waals surface area contributed by atoms with Gasteiger partial charge in [-0.2, -0.15) is 0 Å². The average molecular weight is 213 g/mol. The summed E-state index contributed by atoms with van der Waals surface area (Å²) < 4.78 is 4.76. The number of esters is 1. The first-order chi connectivity index (χ1) is 7.11. The minimum Gasteiger partial charge on any atom is -0.467 e. The lowest BCUT2D eigenvalue weighted by molar-refractivity contribution is -0.153. The van der Waals surface area contributed by atoms with Gasteiger partial charge in [-0.05, 0) is 12.3 Å². The molecule has 0 saturated carbocycles. The van der Waals surface area contributed by atoms with E-state index >= 15 is 0 Å². The highest BCUT2D eigenvalue weighted by Gasteiger charge is 2.36. The van der Waals surface area contributed by atoms with Crippen molar-refractivity contribution < 1.29 is 14.3 Å². The zero-order chi connectivity index (χ0) is 11.4. The minimum atomic E-state index is -0.394. The van der Waals surface area contributed by atoms with Crippen LogP contribution in [0.3, 0.4) is 0 Å². The fraction of sp³-hybridized carbons (Fsp3) is 0.818. The highest BCUT2D eigenvalue weighted by atomic mass is 16.5. The Morgan fingerprint density at radius 1 is 1.60 bits per heavy atom. The highest BCUT2D eigenvalue weighted by molar-refractivity contribution is 5.85. The van der Waals surface area contributed by atoms with Crippen molar-refractivity contribution in [1.29, 1.82) is 0 Å². The van der Waals surface area contributed by atoms with E-state index in [1.54, 1.807) is 4.90 Å². The summed E-state index contributed by atoms with van der Waals surface area (Å²) in [5.74, 6) is -0.0650.